The van der Waals surface area contributed by atoms with E-state index in [0.717, 1.165) is 24.3 Å². The number of sulfone groups is 1. The number of rotatable bonds is 7. The molecule has 3 rings (SSSR count). The Balaban J connectivity index is 1.88. The van der Waals surface area contributed by atoms with Crippen molar-refractivity contribution in [2.24, 2.45) is 0 Å². The zero-order valence-electron chi connectivity index (χ0n) is 16.8. The number of aromatic nitrogens is 2. The number of ether oxygens (including phenoxy) is 2. The Kier molecular flexibility index (Phi) is 6.80. The molecule has 0 saturated carbocycles. The first kappa shape index (κ1) is 23.2. The van der Waals surface area contributed by atoms with E-state index in [1.807, 2.05) is 0 Å². The molecule has 0 saturated heterocycles. The molecule has 32 heavy (non-hydrogen) atoms. The summed E-state index contributed by atoms with van der Waals surface area (Å²) in [6, 6.07) is 9.17. The molecule has 9 nitrogen and oxygen atoms in total. The van der Waals surface area contributed by atoms with Gasteiger partial charge in [0.25, 0.3) is 5.56 Å². The Bertz CT molecular complexity index is 1340. The predicted molar refractivity (Wildman–Crippen MR) is 114 cm³/mol. The maximum atomic E-state index is 13.5. The summed E-state index contributed by atoms with van der Waals surface area (Å²) in [5.41, 5.74) is -0.502. The van der Waals surface area contributed by atoms with Crippen LogP contribution in [-0.4, -0.2) is 38.3 Å². The average Bonchev–Trinajstić information content (AvgIpc) is 2.75. The lowest BCUT2D eigenvalue weighted by Gasteiger charge is -2.13. The highest BCUT2D eigenvalue weighted by Crippen LogP contribution is 2.35. The van der Waals surface area contributed by atoms with Crippen molar-refractivity contribution in [3.05, 3.63) is 69.7 Å². The van der Waals surface area contributed by atoms with Gasteiger partial charge in [-0.3, -0.25) is 9.59 Å². The highest BCUT2D eigenvalue weighted by Gasteiger charge is 2.22. The van der Waals surface area contributed by atoms with Crippen molar-refractivity contribution in [1.29, 1.82) is 0 Å². The van der Waals surface area contributed by atoms with Crippen LogP contribution >= 0.6 is 11.6 Å². The lowest BCUT2D eigenvalue weighted by molar-refractivity contribution is -0.117. The summed E-state index contributed by atoms with van der Waals surface area (Å²) < 4.78 is 49.9. The summed E-state index contributed by atoms with van der Waals surface area (Å²) in [5, 5.41) is 6.00. The third-order valence-corrected chi connectivity index (χ3v) is 6.20. The molecule has 1 N–H and O–H groups in total. The van der Waals surface area contributed by atoms with Gasteiger partial charge in [0.2, 0.25) is 15.7 Å². The van der Waals surface area contributed by atoms with E-state index in [0.29, 0.717) is 10.4 Å². The summed E-state index contributed by atoms with van der Waals surface area (Å²) in [4.78, 5) is 24.3. The van der Waals surface area contributed by atoms with Crippen molar-refractivity contribution in [2.45, 2.75) is 16.5 Å². The van der Waals surface area contributed by atoms with E-state index in [1.165, 1.54) is 38.5 Å². The Labute approximate surface area is 187 Å². The molecule has 2 aromatic carbocycles. The molecule has 0 aliphatic rings. The van der Waals surface area contributed by atoms with E-state index in [9.17, 15) is 22.4 Å². The van der Waals surface area contributed by atoms with Crippen LogP contribution in [0.3, 0.4) is 0 Å². The molecule has 168 valence electrons. The van der Waals surface area contributed by atoms with Gasteiger partial charge in [-0.1, -0.05) is 17.7 Å². The molecular formula is C20H17ClFN3O6S. The molecule has 0 aliphatic heterocycles. The van der Waals surface area contributed by atoms with Crippen LogP contribution < -0.4 is 20.3 Å². The largest absolute Gasteiger partial charge is 0.495 e. The third kappa shape index (κ3) is 4.89. The quantitative estimate of drug-likeness (QED) is 0.551. The molecule has 0 bridgehead atoms. The molecule has 0 aliphatic carbocycles. The van der Waals surface area contributed by atoms with Crippen molar-refractivity contribution in [3.63, 3.8) is 0 Å². The standard InChI is InChI=1S/C20H17ClFN3O6S/c1-30-16-10-17(31-2)15(9-14(16)21)23-18(26)11-25-20(27)7-6-19(24-25)32(28,29)13-5-3-4-12(22)8-13/h3-10H,11H2,1-2H3,(H,23,26). The van der Waals surface area contributed by atoms with E-state index in [-0.39, 0.29) is 21.4 Å². The van der Waals surface area contributed by atoms with Crippen LogP contribution in [0.1, 0.15) is 0 Å². The molecule has 0 atom stereocenters. The molecule has 12 heteroatoms. The fraction of sp³-hybridized carbons (Fsp3) is 0.150. The van der Waals surface area contributed by atoms with Crippen LogP contribution in [-0.2, 0) is 21.2 Å². The normalized spacial score (nSPS) is 11.1. The van der Waals surface area contributed by atoms with Gasteiger partial charge in [-0.2, -0.15) is 5.10 Å². The van der Waals surface area contributed by atoms with Crippen molar-refractivity contribution in [3.8, 4) is 11.5 Å². The minimum Gasteiger partial charge on any atom is -0.495 e. The first-order chi connectivity index (χ1) is 15.1. The molecule has 0 fully saturated rings. The van der Waals surface area contributed by atoms with Crippen LogP contribution in [0.15, 0.2) is 63.2 Å². The van der Waals surface area contributed by atoms with E-state index in [1.54, 1.807) is 0 Å². The lowest BCUT2D eigenvalue weighted by atomic mass is 10.2. The van der Waals surface area contributed by atoms with E-state index in [4.69, 9.17) is 21.1 Å². The minimum absolute atomic E-state index is 0.208. The zero-order chi connectivity index (χ0) is 23.5. The Morgan fingerprint density at radius 1 is 1.12 bits per heavy atom. The smallest absolute Gasteiger partial charge is 0.267 e. The molecule has 0 radical (unpaired) electrons. The third-order valence-electron chi connectivity index (χ3n) is 4.27. The summed E-state index contributed by atoms with van der Waals surface area (Å²) in [5.74, 6) is -0.859. The van der Waals surface area contributed by atoms with Gasteiger partial charge in [0.1, 0.15) is 23.9 Å². The number of carbonyl (C=O) groups excluding carboxylic acids is 1. The first-order valence-corrected chi connectivity index (χ1v) is 10.8. The van der Waals surface area contributed by atoms with Gasteiger partial charge in [-0.15, -0.1) is 0 Å². The number of amides is 1. The number of anilines is 1. The second-order valence-corrected chi connectivity index (χ2v) is 8.67. The van der Waals surface area contributed by atoms with Gasteiger partial charge in [-0.05, 0) is 30.3 Å². The fourth-order valence-corrected chi connectivity index (χ4v) is 4.19. The van der Waals surface area contributed by atoms with Crippen LogP contribution in [0.4, 0.5) is 10.1 Å². The van der Waals surface area contributed by atoms with Crippen LogP contribution in [0, 0.1) is 5.82 Å². The molecule has 1 amide bonds. The van der Waals surface area contributed by atoms with Gasteiger partial charge < -0.3 is 14.8 Å². The van der Waals surface area contributed by atoms with Gasteiger partial charge in [0.15, 0.2) is 5.03 Å². The topological polar surface area (TPSA) is 117 Å². The molecule has 3 aromatic rings. The van der Waals surface area contributed by atoms with Gasteiger partial charge >= 0.3 is 0 Å². The Morgan fingerprint density at radius 2 is 1.84 bits per heavy atom. The monoisotopic (exact) mass is 481 g/mol. The number of carbonyl (C=O) groups is 1. The highest BCUT2D eigenvalue weighted by molar-refractivity contribution is 7.91. The minimum atomic E-state index is -4.21. The summed E-state index contributed by atoms with van der Waals surface area (Å²) in [6.45, 7) is -0.599. The summed E-state index contributed by atoms with van der Waals surface area (Å²) >= 11 is 6.07. The van der Waals surface area contributed by atoms with Gasteiger partial charge in [0, 0.05) is 12.1 Å². The molecule has 1 heterocycles. The lowest BCUT2D eigenvalue weighted by Crippen LogP contribution is -2.30. The molecular weight excluding hydrogens is 465 g/mol. The zero-order valence-corrected chi connectivity index (χ0v) is 18.4. The molecule has 0 spiro atoms. The maximum Gasteiger partial charge on any atom is 0.267 e. The van der Waals surface area contributed by atoms with Crippen LogP contribution in [0.2, 0.25) is 5.02 Å². The number of methoxy groups -OCH3 is 2. The summed E-state index contributed by atoms with van der Waals surface area (Å²) in [6.07, 6.45) is 0. The van der Waals surface area contributed by atoms with Gasteiger partial charge in [-0.25, -0.2) is 17.5 Å². The Hall–Kier alpha value is -3.44. The second-order valence-electron chi connectivity index (χ2n) is 6.36. The van der Waals surface area contributed by atoms with E-state index >= 15 is 0 Å². The molecule has 0 unspecified atom stereocenters. The SMILES string of the molecule is COc1cc(OC)c(NC(=O)Cn2nc(S(=O)(=O)c3cccc(F)c3)ccc2=O)cc1Cl. The average molecular weight is 482 g/mol. The first-order valence-electron chi connectivity index (χ1n) is 8.96. The number of nitrogens with one attached hydrogen (secondary N) is 1. The predicted octanol–water partition coefficient (Wildman–Crippen LogP) is 2.52. The van der Waals surface area contributed by atoms with Crippen molar-refractivity contribution in [2.75, 3.05) is 19.5 Å². The Morgan fingerprint density at radius 3 is 2.50 bits per heavy atom. The fourth-order valence-electron chi connectivity index (χ4n) is 2.73. The molecule has 1 aromatic heterocycles. The highest BCUT2D eigenvalue weighted by atomic mass is 35.5. The number of hydrogen-bond acceptors (Lipinski definition) is 7. The number of benzene rings is 2. The second kappa shape index (κ2) is 9.37. The van der Waals surface area contributed by atoms with Crippen molar-refractivity contribution < 1.29 is 27.1 Å². The summed E-state index contributed by atoms with van der Waals surface area (Å²) in [7, 11) is -1.41. The number of halogens is 2. The number of nitrogens with zero attached hydrogens (tertiary/aromatic N) is 2. The van der Waals surface area contributed by atoms with Crippen LogP contribution in [0.5, 0.6) is 11.5 Å². The maximum absolute atomic E-state index is 13.5. The van der Waals surface area contributed by atoms with Crippen molar-refractivity contribution in [1.82, 2.24) is 9.78 Å². The van der Waals surface area contributed by atoms with Crippen LogP contribution in [0.25, 0.3) is 0 Å². The van der Waals surface area contributed by atoms with Gasteiger partial charge in [0.05, 0.1) is 29.8 Å². The van der Waals surface area contributed by atoms with E-state index in [2.05, 4.69) is 10.4 Å². The van der Waals surface area contributed by atoms with Crippen molar-refractivity contribution >= 4 is 33.0 Å². The number of hydrogen-bond donors (Lipinski definition) is 1. The van der Waals surface area contributed by atoms with E-state index < -0.39 is 38.7 Å².